The summed E-state index contributed by atoms with van der Waals surface area (Å²) in [4.78, 5) is 0. The minimum Gasteiger partial charge on any atom is -0.179 e. The molecule has 0 N–H and O–H groups in total. The van der Waals surface area contributed by atoms with Gasteiger partial charge in [-0.1, -0.05) is 75.1 Å². The van der Waals surface area contributed by atoms with Gasteiger partial charge in [-0.25, -0.2) is 0 Å². The van der Waals surface area contributed by atoms with Gasteiger partial charge < -0.3 is 24.8 Å². The van der Waals surface area contributed by atoms with Gasteiger partial charge in [0.15, 0.2) is 0 Å². The zero-order valence-corrected chi connectivity index (χ0v) is 22.9. The first-order valence-electron chi connectivity index (χ1n) is 8.83. The number of hydrogen-bond donors (Lipinski definition) is 0. The van der Waals surface area contributed by atoms with Gasteiger partial charge in [-0.05, 0) is 6.42 Å². The maximum atomic E-state index is 4.17. The second kappa shape index (κ2) is 12.0. The fourth-order valence-electron chi connectivity index (χ4n) is 3.71. The Morgan fingerprint density at radius 1 is 0.900 bits per heavy atom. The third-order valence-corrected chi connectivity index (χ3v) is 6.79. The van der Waals surface area contributed by atoms with Crippen molar-refractivity contribution in [2.24, 2.45) is 0 Å². The maximum absolute atomic E-state index is 4.17. The number of halogens is 3. The van der Waals surface area contributed by atoms with Crippen LogP contribution in [0.5, 0.6) is 0 Å². The molecule has 0 saturated carbocycles. The van der Waals surface area contributed by atoms with Crippen molar-refractivity contribution >= 4 is 48.2 Å². The van der Waals surface area contributed by atoms with E-state index in [2.05, 4.69) is 103 Å². The Labute approximate surface area is 221 Å². The molecule has 1 heterocycles. The molecule has 0 nitrogen and oxygen atoms in total. The molecular weight excluding hydrogens is 594 g/mol. The molecule has 0 fully saturated rings. The van der Waals surface area contributed by atoms with Gasteiger partial charge >= 0.3 is 31.5 Å². The van der Waals surface area contributed by atoms with Gasteiger partial charge in [0, 0.05) is 4.16 Å². The zero-order chi connectivity index (χ0) is 19.5. The van der Waals surface area contributed by atoms with Crippen LogP contribution in [-0.4, -0.2) is 4.16 Å². The van der Waals surface area contributed by atoms with Crippen molar-refractivity contribution in [1.29, 1.82) is 0 Å². The molecule has 150 valence electrons. The Morgan fingerprint density at radius 3 is 2.37 bits per heavy atom. The Morgan fingerprint density at radius 2 is 1.57 bits per heavy atom. The monoisotopic (exact) mass is 606 g/mol. The van der Waals surface area contributed by atoms with Gasteiger partial charge in [-0.2, -0.15) is 47.2 Å². The van der Waals surface area contributed by atoms with Crippen molar-refractivity contribution in [3.8, 4) is 11.1 Å². The van der Waals surface area contributed by atoms with Crippen LogP contribution in [0.25, 0.3) is 22.8 Å². The van der Waals surface area contributed by atoms with Gasteiger partial charge in [0.2, 0.25) is 0 Å². The van der Waals surface area contributed by atoms with Crippen LogP contribution >= 0.6 is 36.5 Å². The SMILES string of the molecule is BrC1S[C-]=C2C1=Cc1ccccc12.[Cl-].[Cl-].[S]=[Zr+2].[c-]1cccc2c1Cc1ccccc1-2. The molecule has 3 aliphatic rings. The van der Waals surface area contributed by atoms with E-state index in [1.807, 2.05) is 6.07 Å². The van der Waals surface area contributed by atoms with Crippen molar-refractivity contribution in [3.05, 3.63) is 106 Å². The molecule has 0 saturated heterocycles. The second-order valence-electron chi connectivity index (χ2n) is 6.49. The summed E-state index contributed by atoms with van der Waals surface area (Å²) in [5, 5.41) is 3.34. The third-order valence-electron chi connectivity index (χ3n) is 4.96. The standard InChI is InChI=1S/C13H9.C11H6BrS.2ClH.S.Zr/c1-3-7-12-10(5-1)9-11-6-2-4-8-13(11)12;12-11-9-5-7-3-1-2-4-8(7)10(9)6-13-11;;;;/h1-5,7-8H,9H2;1-5,11H;2*1H;;/q2*-1;;;;+2/p-2. The van der Waals surface area contributed by atoms with E-state index in [-0.39, 0.29) is 24.8 Å². The van der Waals surface area contributed by atoms with Crippen LogP contribution in [-0.2, 0) is 29.1 Å². The third kappa shape index (κ3) is 5.17. The van der Waals surface area contributed by atoms with Gasteiger partial charge in [0.05, 0.1) is 0 Å². The first-order valence-corrected chi connectivity index (χ1v) is 14.0. The predicted molar refractivity (Wildman–Crippen MR) is 122 cm³/mol. The van der Waals surface area contributed by atoms with Crippen LogP contribution in [0.15, 0.2) is 72.3 Å². The van der Waals surface area contributed by atoms with Crippen molar-refractivity contribution in [1.82, 2.24) is 0 Å². The van der Waals surface area contributed by atoms with E-state index in [0.717, 1.165) is 29.1 Å². The summed E-state index contributed by atoms with van der Waals surface area (Å²) in [6.07, 6.45) is 3.30. The fraction of sp³-hybridized carbons (Fsp3) is 0.0833. The van der Waals surface area contributed by atoms with E-state index in [1.54, 1.807) is 11.8 Å². The van der Waals surface area contributed by atoms with E-state index in [0.29, 0.717) is 4.16 Å². The average Bonchev–Trinajstić information content (AvgIpc) is 3.42. The molecule has 6 rings (SSSR count). The van der Waals surface area contributed by atoms with E-state index >= 15 is 0 Å². The van der Waals surface area contributed by atoms with Crippen LogP contribution in [0, 0.1) is 11.5 Å². The van der Waals surface area contributed by atoms with Crippen LogP contribution < -0.4 is 24.8 Å². The number of rotatable bonds is 0. The number of alkyl halides is 1. The number of benzene rings is 3. The first kappa shape index (κ1) is 25.9. The molecule has 3 aromatic rings. The fourth-order valence-corrected chi connectivity index (χ4v) is 5.11. The Kier molecular flexibility index (Phi) is 10.4. The number of thioether (sulfide) groups is 1. The largest absolute Gasteiger partial charge is 0.179 e. The van der Waals surface area contributed by atoms with E-state index in [1.165, 1.54) is 44.5 Å². The molecule has 0 radical (unpaired) electrons. The van der Waals surface area contributed by atoms with Crippen molar-refractivity contribution in [2.75, 3.05) is 0 Å². The number of hydrogen-bond acceptors (Lipinski definition) is 2. The second-order valence-corrected chi connectivity index (χ2v) is 8.93. The minimum atomic E-state index is 0. The molecule has 0 spiro atoms. The summed E-state index contributed by atoms with van der Waals surface area (Å²) in [6, 6.07) is 26.6. The molecule has 1 aliphatic heterocycles. The summed E-state index contributed by atoms with van der Waals surface area (Å²) in [5.74, 6) is 0. The Hall–Kier alpha value is -0.347. The minimum absolute atomic E-state index is 0. The number of fused-ring (bicyclic) bond motifs is 6. The topological polar surface area (TPSA) is 0 Å². The molecule has 0 aromatic heterocycles. The molecule has 3 aromatic carbocycles. The van der Waals surface area contributed by atoms with E-state index in [4.69, 9.17) is 0 Å². The van der Waals surface area contributed by atoms with Gasteiger partial charge in [-0.3, -0.25) is 0 Å². The van der Waals surface area contributed by atoms with Crippen LogP contribution in [0.2, 0.25) is 0 Å². The predicted octanol–water partition coefficient (Wildman–Crippen LogP) is 1.41. The molecular formula is C24H15BrCl2S2Zr-2. The van der Waals surface area contributed by atoms with E-state index in [9.17, 15) is 0 Å². The van der Waals surface area contributed by atoms with Crippen molar-refractivity contribution < 1.29 is 47.5 Å². The van der Waals surface area contributed by atoms with Crippen molar-refractivity contribution in [3.63, 3.8) is 0 Å². The Bertz CT molecular complexity index is 1050. The first-order chi connectivity index (χ1) is 13.8. The summed E-state index contributed by atoms with van der Waals surface area (Å²) in [5.41, 5.74) is 10.8. The van der Waals surface area contributed by atoms with Gasteiger partial charge in [0.25, 0.3) is 0 Å². The quantitative estimate of drug-likeness (QED) is 0.219. The molecule has 0 bridgehead atoms. The zero-order valence-electron chi connectivity index (χ0n) is 15.7. The Balaban J connectivity index is 0.000000186. The molecule has 2 aliphatic carbocycles. The smallest absolute Gasteiger partial charge is 0.0253 e. The van der Waals surface area contributed by atoms with Crippen LogP contribution in [0.1, 0.15) is 22.3 Å². The summed E-state index contributed by atoms with van der Waals surface area (Å²) < 4.78 is 0.398. The molecule has 1 unspecified atom stereocenters. The average molecular weight is 610 g/mol. The molecule has 6 heteroatoms. The maximum Gasteiger partial charge on any atom is -0.0253 e. The molecule has 30 heavy (non-hydrogen) atoms. The normalized spacial score (nSPS) is 15.8. The van der Waals surface area contributed by atoms with Gasteiger partial charge in [0.1, 0.15) is 0 Å². The molecule has 1 atom stereocenters. The van der Waals surface area contributed by atoms with Gasteiger partial charge in [-0.15, -0.1) is 34.3 Å². The molecule has 0 amide bonds. The van der Waals surface area contributed by atoms with Crippen molar-refractivity contribution in [2.45, 2.75) is 10.6 Å². The summed E-state index contributed by atoms with van der Waals surface area (Å²) in [7, 11) is 4.17. The van der Waals surface area contributed by atoms with Crippen LogP contribution in [0.3, 0.4) is 0 Å². The van der Waals surface area contributed by atoms with E-state index < -0.39 is 0 Å². The van der Waals surface area contributed by atoms with Crippen LogP contribution in [0.4, 0.5) is 0 Å². The number of allylic oxidation sites excluding steroid dienone is 1. The summed E-state index contributed by atoms with van der Waals surface area (Å²) in [6.45, 7) is 0. The summed E-state index contributed by atoms with van der Waals surface area (Å²) >= 11 is 6.46.